The Balaban J connectivity index is 2.29. The normalized spacial score (nSPS) is 9.61. The van der Waals surface area contributed by atoms with Gasteiger partial charge >= 0.3 is 0 Å². The van der Waals surface area contributed by atoms with Gasteiger partial charge in [0.25, 0.3) is 0 Å². The lowest BCUT2D eigenvalue weighted by atomic mass is 10.2. The molecule has 0 saturated carbocycles. The average Bonchev–Trinajstić information content (AvgIpc) is 2.46. The third kappa shape index (κ3) is 2.41. The quantitative estimate of drug-likeness (QED) is 0.826. The van der Waals surface area contributed by atoms with Gasteiger partial charge in [0.15, 0.2) is 0 Å². The number of methoxy groups -OCH3 is 1. The molecule has 90 valence electrons. The summed E-state index contributed by atoms with van der Waals surface area (Å²) in [5.74, 6) is 0.577. The zero-order valence-electron chi connectivity index (χ0n) is 10.3. The van der Waals surface area contributed by atoms with Crippen LogP contribution in [-0.4, -0.2) is 19.1 Å². The standard InChI is InChI=1S/C14H13N3O/c1-17(12-5-3-11(10-15)4-6-12)13-7-8-16-14(9-13)18-2/h3-9H,1-2H3. The van der Waals surface area contributed by atoms with Gasteiger partial charge in [0.1, 0.15) is 0 Å². The molecule has 4 heteroatoms. The van der Waals surface area contributed by atoms with E-state index in [1.807, 2.05) is 36.2 Å². The molecule has 4 nitrogen and oxygen atoms in total. The van der Waals surface area contributed by atoms with Crippen LogP contribution >= 0.6 is 0 Å². The summed E-state index contributed by atoms with van der Waals surface area (Å²) in [5.41, 5.74) is 2.63. The van der Waals surface area contributed by atoms with Gasteiger partial charge < -0.3 is 9.64 Å². The number of ether oxygens (including phenoxy) is 1. The summed E-state index contributed by atoms with van der Waals surface area (Å²) in [6, 6.07) is 13.3. The number of pyridine rings is 1. The largest absolute Gasteiger partial charge is 0.481 e. The van der Waals surface area contributed by atoms with E-state index in [-0.39, 0.29) is 0 Å². The van der Waals surface area contributed by atoms with E-state index in [0.717, 1.165) is 11.4 Å². The van der Waals surface area contributed by atoms with Crippen molar-refractivity contribution in [3.05, 3.63) is 48.2 Å². The van der Waals surface area contributed by atoms with E-state index in [0.29, 0.717) is 11.4 Å². The zero-order valence-corrected chi connectivity index (χ0v) is 10.3. The fourth-order valence-electron chi connectivity index (χ4n) is 1.63. The molecule has 1 heterocycles. The fraction of sp³-hybridized carbons (Fsp3) is 0.143. The Morgan fingerprint density at radius 3 is 2.50 bits per heavy atom. The van der Waals surface area contributed by atoms with Crippen molar-refractivity contribution < 1.29 is 4.74 Å². The second kappa shape index (κ2) is 5.19. The number of nitriles is 1. The third-order valence-corrected chi connectivity index (χ3v) is 2.70. The number of aromatic nitrogens is 1. The Morgan fingerprint density at radius 2 is 1.89 bits per heavy atom. The van der Waals surface area contributed by atoms with Crippen LogP contribution < -0.4 is 9.64 Å². The minimum atomic E-state index is 0.577. The predicted octanol–water partition coefficient (Wildman–Crippen LogP) is 2.73. The van der Waals surface area contributed by atoms with Crippen molar-refractivity contribution in [3.63, 3.8) is 0 Å². The van der Waals surface area contributed by atoms with Crippen LogP contribution in [-0.2, 0) is 0 Å². The molecule has 0 aliphatic rings. The van der Waals surface area contributed by atoms with Crippen molar-refractivity contribution in [1.29, 1.82) is 5.26 Å². The Hall–Kier alpha value is -2.54. The van der Waals surface area contributed by atoms with Gasteiger partial charge in [-0.1, -0.05) is 0 Å². The van der Waals surface area contributed by atoms with Crippen molar-refractivity contribution in [2.75, 3.05) is 19.1 Å². The van der Waals surface area contributed by atoms with Crippen LogP contribution in [0.15, 0.2) is 42.6 Å². The lowest BCUT2D eigenvalue weighted by molar-refractivity contribution is 0.398. The van der Waals surface area contributed by atoms with E-state index in [1.165, 1.54) is 0 Å². The molecule has 1 aromatic carbocycles. The molecular formula is C14H13N3O. The third-order valence-electron chi connectivity index (χ3n) is 2.70. The molecule has 0 atom stereocenters. The number of hydrogen-bond donors (Lipinski definition) is 0. The van der Waals surface area contributed by atoms with Crippen molar-refractivity contribution in [1.82, 2.24) is 4.98 Å². The van der Waals surface area contributed by atoms with Crippen LogP contribution in [0, 0.1) is 11.3 Å². The maximum absolute atomic E-state index is 8.76. The van der Waals surface area contributed by atoms with Gasteiger partial charge in [0, 0.05) is 30.7 Å². The number of nitrogens with zero attached hydrogens (tertiary/aromatic N) is 3. The van der Waals surface area contributed by atoms with Crippen LogP contribution in [0.3, 0.4) is 0 Å². The van der Waals surface area contributed by atoms with Crippen LogP contribution in [0.5, 0.6) is 5.88 Å². The molecule has 18 heavy (non-hydrogen) atoms. The van der Waals surface area contributed by atoms with Gasteiger partial charge in [0.05, 0.1) is 18.7 Å². The number of rotatable bonds is 3. The number of anilines is 2. The van der Waals surface area contributed by atoms with E-state index in [9.17, 15) is 0 Å². The predicted molar refractivity (Wildman–Crippen MR) is 70.0 cm³/mol. The number of hydrogen-bond acceptors (Lipinski definition) is 4. The summed E-state index contributed by atoms with van der Waals surface area (Å²) in [7, 11) is 3.55. The molecule has 2 aromatic rings. The molecule has 0 fully saturated rings. The van der Waals surface area contributed by atoms with Gasteiger partial charge in [-0.2, -0.15) is 5.26 Å². The van der Waals surface area contributed by atoms with Gasteiger partial charge in [-0.3, -0.25) is 0 Å². The molecule has 0 saturated heterocycles. The van der Waals surface area contributed by atoms with Crippen molar-refractivity contribution in [3.8, 4) is 11.9 Å². The first-order valence-corrected chi connectivity index (χ1v) is 5.48. The smallest absolute Gasteiger partial charge is 0.214 e. The first-order chi connectivity index (χ1) is 8.74. The molecular weight excluding hydrogens is 226 g/mol. The van der Waals surface area contributed by atoms with E-state index < -0.39 is 0 Å². The van der Waals surface area contributed by atoms with Gasteiger partial charge in [-0.25, -0.2) is 4.98 Å². The summed E-state index contributed by atoms with van der Waals surface area (Å²) >= 11 is 0. The minimum Gasteiger partial charge on any atom is -0.481 e. The minimum absolute atomic E-state index is 0.577. The average molecular weight is 239 g/mol. The summed E-state index contributed by atoms with van der Waals surface area (Å²) in [6.45, 7) is 0. The van der Waals surface area contributed by atoms with E-state index >= 15 is 0 Å². The monoisotopic (exact) mass is 239 g/mol. The Kier molecular flexibility index (Phi) is 3.44. The maximum Gasteiger partial charge on any atom is 0.214 e. The summed E-state index contributed by atoms with van der Waals surface area (Å²) in [5, 5.41) is 8.76. The van der Waals surface area contributed by atoms with Gasteiger partial charge in [-0.15, -0.1) is 0 Å². The van der Waals surface area contributed by atoms with Gasteiger partial charge in [-0.05, 0) is 30.3 Å². The Bertz CT molecular complexity index is 572. The molecule has 0 N–H and O–H groups in total. The molecule has 0 amide bonds. The van der Waals surface area contributed by atoms with Crippen LogP contribution in [0.1, 0.15) is 5.56 Å². The SMILES string of the molecule is COc1cc(N(C)c2ccc(C#N)cc2)ccn1. The molecule has 0 bridgehead atoms. The van der Waals surface area contributed by atoms with Crippen molar-refractivity contribution in [2.45, 2.75) is 0 Å². The van der Waals surface area contributed by atoms with Crippen molar-refractivity contribution >= 4 is 11.4 Å². The molecule has 0 aliphatic carbocycles. The summed E-state index contributed by atoms with van der Waals surface area (Å²) < 4.78 is 5.10. The zero-order chi connectivity index (χ0) is 13.0. The highest BCUT2D eigenvalue weighted by atomic mass is 16.5. The van der Waals surface area contributed by atoms with Crippen LogP contribution in [0.2, 0.25) is 0 Å². The van der Waals surface area contributed by atoms with Gasteiger partial charge in [0.2, 0.25) is 5.88 Å². The molecule has 0 aliphatic heterocycles. The first kappa shape index (κ1) is 11.9. The summed E-state index contributed by atoms with van der Waals surface area (Å²) in [4.78, 5) is 6.07. The lowest BCUT2D eigenvalue weighted by Gasteiger charge is -2.19. The maximum atomic E-state index is 8.76. The molecule has 0 radical (unpaired) electrons. The number of benzene rings is 1. The Labute approximate surface area is 106 Å². The molecule has 1 aromatic heterocycles. The van der Waals surface area contributed by atoms with E-state index in [4.69, 9.17) is 10.00 Å². The van der Waals surface area contributed by atoms with E-state index in [2.05, 4.69) is 11.1 Å². The van der Waals surface area contributed by atoms with E-state index in [1.54, 1.807) is 25.4 Å². The lowest BCUT2D eigenvalue weighted by Crippen LogP contribution is -2.09. The topological polar surface area (TPSA) is 49.1 Å². The Morgan fingerprint density at radius 1 is 1.17 bits per heavy atom. The molecule has 0 unspecified atom stereocenters. The first-order valence-electron chi connectivity index (χ1n) is 5.48. The summed E-state index contributed by atoms with van der Waals surface area (Å²) in [6.07, 6.45) is 1.70. The highest BCUT2D eigenvalue weighted by Crippen LogP contribution is 2.25. The highest BCUT2D eigenvalue weighted by Gasteiger charge is 2.05. The van der Waals surface area contributed by atoms with Crippen LogP contribution in [0.4, 0.5) is 11.4 Å². The highest BCUT2D eigenvalue weighted by molar-refractivity contribution is 5.63. The molecule has 2 rings (SSSR count). The molecule has 0 spiro atoms. The second-order valence-corrected chi connectivity index (χ2v) is 3.77. The van der Waals surface area contributed by atoms with Crippen molar-refractivity contribution in [2.24, 2.45) is 0 Å². The fourth-order valence-corrected chi connectivity index (χ4v) is 1.63. The van der Waals surface area contributed by atoms with Crippen LogP contribution in [0.25, 0.3) is 0 Å². The second-order valence-electron chi connectivity index (χ2n) is 3.77.